The number of hydrogen-bond acceptors (Lipinski definition) is 3. The molecule has 0 fully saturated rings. The molecule has 1 aromatic heterocycles. The lowest BCUT2D eigenvalue weighted by molar-refractivity contribution is 0.0951. The molecule has 0 spiro atoms. The normalized spacial score (nSPS) is 10.4. The first-order valence-electron chi connectivity index (χ1n) is 7.36. The highest BCUT2D eigenvalue weighted by Gasteiger charge is 2.12. The Labute approximate surface area is 133 Å². The van der Waals surface area contributed by atoms with Crippen molar-refractivity contribution < 1.29 is 18.4 Å². The van der Waals surface area contributed by atoms with Crippen molar-refractivity contribution in [3.8, 4) is 0 Å². The molecule has 0 aliphatic carbocycles. The van der Waals surface area contributed by atoms with Crippen molar-refractivity contribution in [1.82, 2.24) is 10.6 Å². The molecular weight excluding hydrogens is 299 g/mol. The molecule has 2 amide bonds. The number of hydrogen-bond donors (Lipinski definition) is 2. The molecule has 2 aromatic rings. The van der Waals surface area contributed by atoms with E-state index in [1.807, 2.05) is 0 Å². The number of amides is 2. The van der Waals surface area contributed by atoms with Gasteiger partial charge in [-0.25, -0.2) is 4.39 Å². The second kappa shape index (κ2) is 7.58. The van der Waals surface area contributed by atoms with E-state index in [4.69, 9.17) is 4.42 Å². The van der Waals surface area contributed by atoms with Gasteiger partial charge < -0.3 is 15.1 Å². The van der Waals surface area contributed by atoms with Gasteiger partial charge in [-0.3, -0.25) is 9.59 Å². The van der Waals surface area contributed by atoms with Crippen LogP contribution < -0.4 is 10.6 Å². The van der Waals surface area contributed by atoms with Crippen LogP contribution in [0, 0.1) is 19.7 Å². The molecule has 1 heterocycles. The van der Waals surface area contributed by atoms with Crippen LogP contribution in [0.15, 0.2) is 34.7 Å². The van der Waals surface area contributed by atoms with E-state index in [0.717, 1.165) is 0 Å². The fraction of sp³-hybridized carbons (Fsp3) is 0.294. The number of benzene rings is 1. The lowest BCUT2D eigenvalue weighted by Gasteiger charge is -2.06. The highest BCUT2D eigenvalue weighted by molar-refractivity contribution is 5.95. The van der Waals surface area contributed by atoms with Crippen LogP contribution in [0.5, 0.6) is 0 Å². The molecule has 0 saturated carbocycles. The highest BCUT2D eigenvalue weighted by Crippen LogP contribution is 2.13. The predicted octanol–water partition coefficient (Wildman–Crippen LogP) is 2.59. The smallest absolute Gasteiger partial charge is 0.254 e. The maximum absolute atomic E-state index is 13.0. The summed E-state index contributed by atoms with van der Waals surface area (Å²) in [5.41, 5.74) is 0.796. The Kier molecular flexibility index (Phi) is 5.51. The Morgan fingerprint density at radius 2 is 1.78 bits per heavy atom. The van der Waals surface area contributed by atoms with Gasteiger partial charge in [-0.15, -0.1) is 0 Å². The van der Waals surface area contributed by atoms with E-state index in [1.165, 1.54) is 18.2 Å². The number of carbonyl (C=O) groups excluding carboxylic acids is 2. The fourth-order valence-electron chi connectivity index (χ4n) is 2.18. The summed E-state index contributed by atoms with van der Waals surface area (Å²) in [5.74, 6) is 0.290. The number of nitrogens with one attached hydrogen (secondary N) is 2. The van der Waals surface area contributed by atoms with Gasteiger partial charge in [-0.2, -0.15) is 0 Å². The van der Waals surface area contributed by atoms with Gasteiger partial charge in [-0.05, 0) is 44.5 Å². The third-order valence-corrected chi connectivity index (χ3v) is 3.30. The largest absolute Gasteiger partial charge is 0.466 e. The van der Waals surface area contributed by atoms with E-state index in [2.05, 4.69) is 10.6 Å². The first kappa shape index (κ1) is 16.7. The molecule has 23 heavy (non-hydrogen) atoms. The van der Waals surface area contributed by atoms with E-state index in [9.17, 15) is 14.0 Å². The van der Waals surface area contributed by atoms with Gasteiger partial charge in [0.25, 0.3) is 11.8 Å². The lowest BCUT2D eigenvalue weighted by atomic mass is 10.2. The summed E-state index contributed by atoms with van der Waals surface area (Å²) >= 11 is 0. The molecule has 0 saturated heterocycles. The van der Waals surface area contributed by atoms with Gasteiger partial charge in [0.05, 0.1) is 5.56 Å². The van der Waals surface area contributed by atoms with Crippen molar-refractivity contribution in [3.05, 3.63) is 58.8 Å². The SMILES string of the molecule is Cc1cc(C(=O)NCCCNC(=O)c2cccc(F)c2)c(C)o1. The van der Waals surface area contributed by atoms with Gasteiger partial charge in [0, 0.05) is 18.7 Å². The molecule has 122 valence electrons. The highest BCUT2D eigenvalue weighted by atomic mass is 19.1. The van der Waals surface area contributed by atoms with Gasteiger partial charge in [0.1, 0.15) is 17.3 Å². The van der Waals surface area contributed by atoms with Gasteiger partial charge in [0.2, 0.25) is 0 Å². The van der Waals surface area contributed by atoms with E-state index in [0.29, 0.717) is 36.6 Å². The number of carbonyl (C=O) groups is 2. The number of furan rings is 1. The molecular formula is C17H19FN2O3. The second-order valence-electron chi connectivity index (χ2n) is 5.20. The van der Waals surface area contributed by atoms with E-state index in [1.54, 1.807) is 26.0 Å². The number of rotatable bonds is 6. The second-order valence-corrected chi connectivity index (χ2v) is 5.20. The Hall–Kier alpha value is -2.63. The zero-order chi connectivity index (χ0) is 16.8. The molecule has 1 aromatic carbocycles. The quantitative estimate of drug-likeness (QED) is 0.804. The summed E-state index contributed by atoms with van der Waals surface area (Å²) in [5, 5.41) is 5.45. The molecule has 0 atom stereocenters. The third kappa shape index (κ3) is 4.67. The van der Waals surface area contributed by atoms with Crippen LogP contribution >= 0.6 is 0 Å². The minimum absolute atomic E-state index is 0.198. The average molecular weight is 318 g/mol. The van der Waals surface area contributed by atoms with Gasteiger partial charge in [-0.1, -0.05) is 6.07 Å². The molecule has 2 rings (SSSR count). The minimum atomic E-state index is -0.448. The summed E-state index contributed by atoms with van der Waals surface area (Å²) in [6, 6.07) is 7.19. The summed E-state index contributed by atoms with van der Waals surface area (Å²) in [6.45, 7) is 4.33. The Morgan fingerprint density at radius 1 is 1.09 bits per heavy atom. The first-order valence-corrected chi connectivity index (χ1v) is 7.36. The summed E-state index contributed by atoms with van der Waals surface area (Å²) in [7, 11) is 0. The number of halogens is 1. The maximum Gasteiger partial charge on any atom is 0.254 e. The van der Waals surface area contributed by atoms with Crippen molar-refractivity contribution in [1.29, 1.82) is 0 Å². The number of aryl methyl sites for hydroxylation is 2. The summed E-state index contributed by atoms with van der Waals surface area (Å²) < 4.78 is 18.3. The van der Waals surface area contributed by atoms with Crippen molar-refractivity contribution >= 4 is 11.8 Å². The summed E-state index contributed by atoms with van der Waals surface area (Å²) in [6.07, 6.45) is 0.572. The van der Waals surface area contributed by atoms with E-state index < -0.39 is 5.82 Å². The van der Waals surface area contributed by atoms with Crippen LogP contribution in [0.25, 0.3) is 0 Å². The van der Waals surface area contributed by atoms with Crippen LogP contribution in [-0.2, 0) is 0 Å². The van der Waals surface area contributed by atoms with Crippen LogP contribution in [-0.4, -0.2) is 24.9 Å². The minimum Gasteiger partial charge on any atom is -0.466 e. The van der Waals surface area contributed by atoms with Crippen LogP contribution in [0.3, 0.4) is 0 Å². The molecule has 0 unspecified atom stereocenters. The van der Waals surface area contributed by atoms with Crippen molar-refractivity contribution in [2.45, 2.75) is 20.3 Å². The standard InChI is InChI=1S/C17H19FN2O3/c1-11-9-15(12(2)23-11)17(22)20-8-4-7-19-16(21)13-5-3-6-14(18)10-13/h3,5-6,9-10H,4,7-8H2,1-2H3,(H,19,21)(H,20,22). The third-order valence-electron chi connectivity index (χ3n) is 3.30. The molecule has 0 bridgehead atoms. The molecule has 2 N–H and O–H groups in total. The molecule has 0 aliphatic heterocycles. The van der Waals surface area contributed by atoms with E-state index in [-0.39, 0.29) is 17.4 Å². The fourth-order valence-corrected chi connectivity index (χ4v) is 2.18. The molecule has 5 nitrogen and oxygen atoms in total. The monoisotopic (exact) mass is 318 g/mol. The predicted molar refractivity (Wildman–Crippen MR) is 83.9 cm³/mol. The van der Waals surface area contributed by atoms with Crippen LogP contribution in [0.2, 0.25) is 0 Å². The molecule has 0 aliphatic rings. The van der Waals surface area contributed by atoms with Gasteiger partial charge >= 0.3 is 0 Å². The van der Waals surface area contributed by atoms with Crippen LogP contribution in [0.4, 0.5) is 4.39 Å². The van der Waals surface area contributed by atoms with Crippen molar-refractivity contribution in [3.63, 3.8) is 0 Å². The first-order chi connectivity index (χ1) is 11.0. The maximum atomic E-state index is 13.0. The topological polar surface area (TPSA) is 71.3 Å². The molecule has 0 radical (unpaired) electrons. The Balaban J connectivity index is 1.70. The van der Waals surface area contributed by atoms with E-state index >= 15 is 0 Å². The Bertz CT molecular complexity index is 710. The average Bonchev–Trinajstić information content (AvgIpc) is 2.85. The van der Waals surface area contributed by atoms with Crippen LogP contribution in [0.1, 0.15) is 38.7 Å². The zero-order valence-corrected chi connectivity index (χ0v) is 13.1. The van der Waals surface area contributed by atoms with Crippen molar-refractivity contribution in [2.75, 3.05) is 13.1 Å². The lowest BCUT2D eigenvalue weighted by Crippen LogP contribution is -2.30. The zero-order valence-electron chi connectivity index (χ0n) is 13.1. The Morgan fingerprint density at radius 3 is 2.39 bits per heavy atom. The molecule has 6 heteroatoms. The summed E-state index contributed by atoms with van der Waals surface area (Å²) in [4.78, 5) is 23.7. The van der Waals surface area contributed by atoms with Crippen molar-refractivity contribution in [2.24, 2.45) is 0 Å². The van der Waals surface area contributed by atoms with Gasteiger partial charge in [0.15, 0.2) is 0 Å².